The van der Waals surface area contributed by atoms with Crippen LogP contribution in [-0.4, -0.2) is 23.7 Å². The first-order chi connectivity index (χ1) is 12.2. The summed E-state index contributed by atoms with van der Waals surface area (Å²) in [4.78, 5) is 23.5. The molecular formula is C18H17F3N2O2S. The average molecular weight is 382 g/mol. The summed E-state index contributed by atoms with van der Waals surface area (Å²) in [5, 5.41) is 5.27. The quantitative estimate of drug-likeness (QED) is 0.724. The van der Waals surface area contributed by atoms with E-state index < -0.39 is 11.9 Å². The molecule has 138 valence electrons. The van der Waals surface area contributed by atoms with Gasteiger partial charge >= 0.3 is 6.18 Å². The molecule has 0 bridgehead atoms. The number of hydrogen-bond acceptors (Lipinski definition) is 3. The third-order valence-corrected chi connectivity index (χ3v) is 4.33. The van der Waals surface area contributed by atoms with Crippen LogP contribution in [0.3, 0.4) is 0 Å². The Morgan fingerprint density at radius 2 is 1.65 bits per heavy atom. The Bertz CT molecular complexity index is 777. The molecule has 2 rings (SSSR count). The highest BCUT2D eigenvalue weighted by Gasteiger charge is 2.27. The summed E-state index contributed by atoms with van der Waals surface area (Å²) in [7, 11) is 0. The minimum atomic E-state index is -4.28. The summed E-state index contributed by atoms with van der Waals surface area (Å²) in [6, 6.07) is 13.1. The third-order valence-electron chi connectivity index (χ3n) is 3.19. The van der Waals surface area contributed by atoms with Crippen LogP contribution in [-0.2, 0) is 16.0 Å². The number of halogens is 3. The second-order valence-corrected chi connectivity index (χ2v) is 6.52. The van der Waals surface area contributed by atoms with Crippen LogP contribution in [0.2, 0.25) is 0 Å². The molecule has 2 N–H and O–H groups in total. The number of anilines is 2. The number of alkyl halides is 3. The molecule has 26 heavy (non-hydrogen) atoms. The molecule has 4 nitrogen and oxygen atoms in total. The molecule has 0 aliphatic carbocycles. The van der Waals surface area contributed by atoms with Crippen LogP contribution in [0.15, 0.2) is 53.4 Å². The van der Waals surface area contributed by atoms with Crippen molar-refractivity contribution >= 4 is 35.0 Å². The Morgan fingerprint density at radius 3 is 2.27 bits per heavy atom. The first kappa shape index (κ1) is 19.8. The van der Waals surface area contributed by atoms with Crippen LogP contribution in [0.5, 0.6) is 0 Å². The lowest BCUT2D eigenvalue weighted by Crippen LogP contribution is -2.15. The highest BCUT2D eigenvalue weighted by Crippen LogP contribution is 2.32. The molecule has 0 fully saturated rings. The molecular weight excluding hydrogens is 365 g/mol. The number of rotatable bonds is 6. The van der Waals surface area contributed by atoms with Gasteiger partial charge in [0.15, 0.2) is 0 Å². The lowest BCUT2D eigenvalue weighted by Gasteiger charge is -2.12. The molecule has 0 aromatic heterocycles. The van der Waals surface area contributed by atoms with E-state index in [-0.39, 0.29) is 18.2 Å². The van der Waals surface area contributed by atoms with Crippen molar-refractivity contribution in [2.75, 3.05) is 16.4 Å². The van der Waals surface area contributed by atoms with Gasteiger partial charge in [-0.05, 0) is 29.8 Å². The predicted molar refractivity (Wildman–Crippen MR) is 96.3 cm³/mol. The van der Waals surface area contributed by atoms with Gasteiger partial charge in [-0.1, -0.05) is 24.3 Å². The zero-order valence-corrected chi connectivity index (χ0v) is 14.7. The van der Waals surface area contributed by atoms with Crippen molar-refractivity contribution in [2.45, 2.75) is 24.4 Å². The number of nitrogens with one attached hydrogen (secondary N) is 2. The van der Waals surface area contributed by atoms with Gasteiger partial charge < -0.3 is 10.6 Å². The van der Waals surface area contributed by atoms with Gasteiger partial charge in [0, 0.05) is 17.5 Å². The maximum Gasteiger partial charge on any atom is 0.398 e. The fraction of sp³-hybridized carbons (Fsp3) is 0.222. The molecule has 0 aliphatic heterocycles. The minimum absolute atomic E-state index is 0.0681. The third kappa shape index (κ3) is 6.79. The number of hydrogen-bond donors (Lipinski definition) is 2. The normalized spacial score (nSPS) is 11.1. The second-order valence-electron chi connectivity index (χ2n) is 5.50. The standard InChI is InChI=1S/C18H17F3N2O2S/c1-12(24)22-14-8-6-13(7-9-14)10-17(25)23-15-4-2-3-5-16(15)26-11-18(19,20)21/h2-9H,10-11H2,1H3,(H,22,24)(H,23,25). The van der Waals surface area contributed by atoms with E-state index in [4.69, 9.17) is 0 Å². The van der Waals surface area contributed by atoms with Crippen molar-refractivity contribution in [1.29, 1.82) is 0 Å². The van der Waals surface area contributed by atoms with Gasteiger partial charge in [0.1, 0.15) is 0 Å². The summed E-state index contributed by atoms with van der Waals surface area (Å²) in [5.41, 5.74) is 1.69. The van der Waals surface area contributed by atoms with Gasteiger partial charge in [-0.3, -0.25) is 9.59 Å². The lowest BCUT2D eigenvalue weighted by atomic mass is 10.1. The molecule has 2 aromatic rings. The number of carbonyl (C=O) groups is 2. The minimum Gasteiger partial charge on any atom is -0.326 e. The van der Waals surface area contributed by atoms with Crippen molar-refractivity contribution in [3.8, 4) is 0 Å². The second kappa shape index (κ2) is 8.75. The smallest absolute Gasteiger partial charge is 0.326 e. The van der Waals surface area contributed by atoms with Crippen molar-refractivity contribution in [1.82, 2.24) is 0 Å². The van der Waals surface area contributed by atoms with Gasteiger partial charge in [0.05, 0.1) is 17.9 Å². The highest BCUT2D eigenvalue weighted by molar-refractivity contribution is 7.99. The zero-order valence-electron chi connectivity index (χ0n) is 13.9. The number of para-hydroxylation sites is 1. The van der Waals surface area contributed by atoms with Gasteiger partial charge in [-0.15, -0.1) is 11.8 Å². The highest BCUT2D eigenvalue weighted by atomic mass is 32.2. The SMILES string of the molecule is CC(=O)Nc1ccc(CC(=O)Nc2ccccc2SCC(F)(F)F)cc1. The molecule has 0 unspecified atom stereocenters. The molecule has 0 aliphatic rings. The summed E-state index contributed by atoms with van der Waals surface area (Å²) in [5.74, 6) is -1.55. The topological polar surface area (TPSA) is 58.2 Å². The monoisotopic (exact) mass is 382 g/mol. The molecule has 2 aromatic carbocycles. The molecule has 2 amide bonds. The Kier molecular flexibility index (Phi) is 6.68. The van der Waals surface area contributed by atoms with Gasteiger partial charge in [-0.2, -0.15) is 13.2 Å². The van der Waals surface area contributed by atoms with E-state index in [1.165, 1.54) is 13.0 Å². The largest absolute Gasteiger partial charge is 0.398 e. The average Bonchev–Trinajstić information content (AvgIpc) is 2.54. The fourth-order valence-corrected chi connectivity index (χ4v) is 2.91. The molecule has 0 atom stereocenters. The Balaban J connectivity index is 1.98. The fourth-order valence-electron chi connectivity index (χ4n) is 2.14. The van der Waals surface area contributed by atoms with Crippen molar-refractivity contribution < 1.29 is 22.8 Å². The van der Waals surface area contributed by atoms with E-state index >= 15 is 0 Å². The zero-order chi connectivity index (χ0) is 19.2. The van der Waals surface area contributed by atoms with Crippen molar-refractivity contribution in [3.05, 3.63) is 54.1 Å². The van der Waals surface area contributed by atoms with E-state index in [0.29, 0.717) is 28.0 Å². The van der Waals surface area contributed by atoms with Crippen LogP contribution in [0, 0.1) is 0 Å². The van der Waals surface area contributed by atoms with Gasteiger partial charge in [0.2, 0.25) is 11.8 Å². The van der Waals surface area contributed by atoms with Crippen LogP contribution in [0.25, 0.3) is 0 Å². The van der Waals surface area contributed by atoms with E-state index in [2.05, 4.69) is 10.6 Å². The van der Waals surface area contributed by atoms with E-state index in [0.717, 1.165) is 5.56 Å². The molecule has 0 heterocycles. The van der Waals surface area contributed by atoms with E-state index in [1.807, 2.05) is 0 Å². The van der Waals surface area contributed by atoms with E-state index in [9.17, 15) is 22.8 Å². The molecule has 8 heteroatoms. The Labute approximate surface area is 153 Å². The van der Waals surface area contributed by atoms with Crippen molar-refractivity contribution in [2.24, 2.45) is 0 Å². The molecule has 0 spiro atoms. The van der Waals surface area contributed by atoms with Crippen LogP contribution < -0.4 is 10.6 Å². The number of carbonyl (C=O) groups excluding carboxylic acids is 2. The lowest BCUT2D eigenvalue weighted by molar-refractivity contribution is -0.116. The maximum absolute atomic E-state index is 12.4. The summed E-state index contributed by atoms with van der Waals surface area (Å²) in [6.45, 7) is 1.40. The van der Waals surface area contributed by atoms with Crippen LogP contribution in [0.4, 0.5) is 24.5 Å². The molecule has 0 saturated carbocycles. The summed E-state index contributed by atoms with van der Waals surface area (Å²) in [6.07, 6.45) is -4.21. The first-order valence-corrected chi connectivity index (χ1v) is 8.66. The summed E-state index contributed by atoms with van der Waals surface area (Å²) >= 11 is 0.630. The van der Waals surface area contributed by atoms with Gasteiger partial charge in [-0.25, -0.2) is 0 Å². The number of thioether (sulfide) groups is 1. The maximum atomic E-state index is 12.4. The Morgan fingerprint density at radius 1 is 1.00 bits per heavy atom. The molecule has 0 saturated heterocycles. The van der Waals surface area contributed by atoms with E-state index in [1.54, 1.807) is 42.5 Å². The van der Waals surface area contributed by atoms with Crippen LogP contribution >= 0.6 is 11.8 Å². The predicted octanol–water partition coefficient (Wildman–Crippen LogP) is 4.48. The number of benzene rings is 2. The summed E-state index contributed by atoms with van der Waals surface area (Å²) < 4.78 is 37.2. The van der Waals surface area contributed by atoms with Crippen molar-refractivity contribution in [3.63, 3.8) is 0 Å². The first-order valence-electron chi connectivity index (χ1n) is 7.68. The van der Waals surface area contributed by atoms with Crippen LogP contribution in [0.1, 0.15) is 12.5 Å². The number of amides is 2. The Hall–Kier alpha value is -2.48. The van der Waals surface area contributed by atoms with Gasteiger partial charge in [0.25, 0.3) is 0 Å². The molecule has 0 radical (unpaired) electrons.